The molecule has 0 aliphatic heterocycles. The van der Waals surface area contributed by atoms with E-state index in [0.717, 1.165) is 42.1 Å². The Bertz CT molecular complexity index is 629. The van der Waals surface area contributed by atoms with Crippen molar-refractivity contribution in [3.05, 3.63) is 36.0 Å². The molecule has 2 aromatic rings. The molecular weight excluding hydrogens is 268 g/mol. The van der Waals surface area contributed by atoms with Gasteiger partial charge in [-0.25, -0.2) is 0 Å². The molecule has 1 aromatic carbocycles. The maximum absolute atomic E-state index is 11.7. The topological polar surface area (TPSA) is 85.3 Å². The number of para-hydroxylation sites is 1. The molecule has 21 heavy (non-hydrogen) atoms. The normalized spacial score (nSPS) is 24.0. The predicted octanol–water partition coefficient (Wildman–Crippen LogP) is 2.19. The Hall–Kier alpha value is -1.85. The third-order valence-corrected chi connectivity index (χ3v) is 4.28. The first-order valence-corrected chi connectivity index (χ1v) is 7.38. The zero-order valence-electron chi connectivity index (χ0n) is 11.7. The van der Waals surface area contributed by atoms with E-state index in [2.05, 4.69) is 10.3 Å². The van der Waals surface area contributed by atoms with Crippen LogP contribution in [-0.2, 0) is 4.79 Å². The van der Waals surface area contributed by atoms with Crippen LogP contribution in [-0.4, -0.2) is 33.3 Å². The van der Waals surface area contributed by atoms with Gasteiger partial charge in [0.1, 0.15) is 6.04 Å². The van der Waals surface area contributed by atoms with E-state index in [1.807, 2.05) is 24.3 Å². The summed E-state index contributed by atoms with van der Waals surface area (Å²) >= 11 is 0. The number of nitrogens with one attached hydrogen (secondary N) is 2. The minimum absolute atomic E-state index is 0.142. The van der Waals surface area contributed by atoms with E-state index in [4.69, 9.17) is 0 Å². The second kappa shape index (κ2) is 5.87. The summed E-state index contributed by atoms with van der Waals surface area (Å²) in [7, 11) is 0. The molecule has 1 unspecified atom stereocenters. The third-order valence-electron chi connectivity index (χ3n) is 4.28. The maximum Gasteiger partial charge on any atom is 0.325 e. The Labute approximate surface area is 123 Å². The van der Waals surface area contributed by atoms with Crippen molar-refractivity contribution in [1.29, 1.82) is 0 Å². The van der Waals surface area contributed by atoms with Gasteiger partial charge in [-0.1, -0.05) is 18.2 Å². The van der Waals surface area contributed by atoms with Gasteiger partial charge in [-0.2, -0.15) is 0 Å². The van der Waals surface area contributed by atoms with Crippen LogP contribution in [0.25, 0.3) is 10.9 Å². The molecule has 1 aromatic heterocycles. The number of carboxylic acid groups (broad SMARTS) is 1. The van der Waals surface area contributed by atoms with Crippen molar-refractivity contribution in [3.63, 3.8) is 0 Å². The average Bonchev–Trinajstić information content (AvgIpc) is 2.90. The van der Waals surface area contributed by atoms with Gasteiger partial charge in [0.2, 0.25) is 0 Å². The first-order valence-electron chi connectivity index (χ1n) is 7.38. The molecule has 1 aliphatic carbocycles. The summed E-state index contributed by atoms with van der Waals surface area (Å²) < 4.78 is 0. The van der Waals surface area contributed by atoms with Gasteiger partial charge < -0.3 is 15.2 Å². The number of hydrogen-bond acceptors (Lipinski definition) is 3. The van der Waals surface area contributed by atoms with Gasteiger partial charge in [0.25, 0.3) is 0 Å². The maximum atomic E-state index is 11.7. The Balaban J connectivity index is 1.83. The van der Waals surface area contributed by atoms with Crippen LogP contribution in [0.3, 0.4) is 0 Å². The molecule has 1 atom stereocenters. The van der Waals surface area contributed by atoms with Crippen molar-refractivity contribution in [3.8, 4) is 0 Å². The second-order valence-electron chi connectivity index (χ2n) is 5.73. The number of carbonyl (C=O) groups is 1. The third kappa shape index (κ3) is 2.94. The molecule has 5 nitrogen and oxygen atoms in total. The highest BCUT2D eigenvalue weighted by molar-refractivity contribution is 5.89. The SMILES string of the molecule is O=C(O)C(NC1CCC(O)CC1)c1c[nH]c2ccccc12. The highest BCUT2D eigenvalue weighted by atomic mass is 16.4. The highest BCUT2D eigenvalue weighted by Gasteiger charge is 2.28. The summed E-state index contributed by atoms with van der Waals surface area (Å²) in [5.74, 6) is -0.870. The lowest BCUT2D eigenvalue weighted by atomic mass is 9.92. The molecule has 0 bridgehead atoms. The van der Waals surface area contributed by atoms with Crippen molar-refractivity contribution in [2.75, 3.05) is 0 Å². The molecule has 1 heterocycles. The number of fused-ring (bicyclic) bond motifs is 1. The quantitative estimate of drug-likeness (QED) is 0.694. The average molecular weight is 288 g/mol. The van der Waals surface area contributed by atoms with Crippen LogP contribution >= 0.6 is 0 Å². The molecular formula is C16H20N2O3. The molecule has 0 radical (unpaired) electrons. The summed E-state index contributed by atoms with van der Waals surface area (Å²) in [6.45, 7) is 0. The van der Waals surface area contributed by atoms with E-state index >= 15 is 0 Å². The van der Waals surface area contributed by atoms with Crippen LogP contribution in [0.4, 0.5) is 0 Å². The fourth-order valence-electron chi connectivity index (χ4n) is 3.11. The van der Waals surface area contributed by atoms with E-state index in [1.54, 1.807) is 6.20 Å². The first kappa shape index (κ1) is 14.1. The summed E-state index contributed by atoms with van der Waals surface area (Å²) in [5, 5.41) is 23.3. The Morgan fingerprint density at radius 3 is 2.67 bits per heavy atom. The lowest BCUT2D eigenvalue weighted by Crippen LogP contribution is -2.40. The van der Waals surface area contributed by atoms with Crippen LogP contribution in [0.1, 0.15) is 37.3 Å². The van der Waals surface area contributed by atoms with E-state index in [1.165, 1.54) is 0 Å². The van der Waals surface area contributed by atoms with Crippen LogP contribution < -0.4 is 5.32 Å². The largest absolute Gasteiger partial charge is 0.480 e. The van der Waals surface area contributed by atoms with Crippen molar-refractivity contribution in [2.24, 2.45) is 0 Å². The molecule has 0 saturated heterocycles. The number of benzene rings is 1. The molecule has 1 saturated carbocycles. The van der Waals surface area contributed by atoms with E-state index in [-0.39, 0.29) is 12.1 Å². The van der Waals surface area contributed by atoms with Crippen molar-refractivity contribution >= 4 is 16.9 Å². The van der Waals surface area contributed by atoms with Crippen molar-refractivity contribution in [1.82, 2.24) is 10.3 Å². The summed E-state index contributed by atoms with van der Waals surface area (Å²) in [4.78, 5) is 14.8. The molecule has 5 heteroatoms. The number of aliphatic hydroxyl groups is 1. The molecule has 1 fully saturated rings. The Kier molecular flexibility index (Phi) is 3.94. The smallest absolute Gasteiger partial charge is 0.325 e. The predicted molar refractivity (Wildman–Crippen MR) is 80.1 cm³/mol. The number of aliphatic carboxylic acids is 1. The van der Waals surface area contributed by atoms with Crippen molar-refractivity contribution < 1.29 is 15.0 Å². The summed E-state index contributed by atoms with van der Waals surface area (Å²) in [5.41, 5.74) is 1.71. The number of aliphatic hydroxyl groups excluding tert-OH is 1. The number of hydrogen-bond donors (Lipinski definition) is 4. The molecule has 4 N–H and O–H groups in total. The number of rotatable bonds is 4. The minimum Gasteiger partial charge on any atom is -0.480 e. The lowest BCUT2D eigenvalue weighted by molar-refractivity contribution is -0.140. The highest BCUT2D eigenvalue weighted by Crippen LogP contribution is 2.27. The van der Waals surface area contributed by atoms with Crippen LogP contribution in [0.5, 0.6) is 0 Å². The van der Waals surface area contributed by atoms with Crippen molar-refractivity contribution in [2.45, 2.75) is 43.9 Å². The number of aromatic nitrogens is 1. The number of aromatic amines is 1. The molecule has 3 rings (SSSR count). The minimum atomic E-state index is -0.870. The molecule has 112 valence electrons. The number of H-pyrrole nitrogens is 1. The van der Waals surface area contributed by atoms with Gasteiger partial charge in [-0.05, 0) is 31.7 Å². The van der Waals surface area contributed by atoms with Gasteiger partial charge >= 0.3 is 5.97 Å². The van der Waals surface area contributed by atoms with Crippen LogP contribution in [0, 0.1) is 0 Å². The summed E-state index contributed by atoms with van der Waals surface area (Å²) in [6.07, 6.45) is 4.63. The van der Waals surface area contributed by atoms with E-state index in [0.29, 0.717) is 0 Å². The number of carboxylic acids is 1. The Morgan fingerprint density at radius 1 is 1.24 bits per heavy atom. The van der Waals surface area contributed by atoms with Crippen LogP contribution in [0.15, 0.2) is 30.5 Å². The Morgan fingerprint density at radius 2 is 1.95 bits per heavy atom. The monoisotopic (exact) mass is 288 g/mol. The molecule has 1 aliphatic rings. The van der Waals surface area contributed by atoms with Gasteiger partial charge in [0.05, 0.1) is 6.10 Å². The second-order valence-corrected chi connectivity index (χ2v) is 5.73. The lowest BCUT2D eigenvalue weighted by Gasteiger charge is -2.28. The zero-order chi connectivity index (χ0) is 14.8. The van der Waals surface area contributed by atoms with E-state index in [9.17, 15) is 15.0 Å². The fraction of sp³-hybridized carbons (Fsp3) is 0.438. The van der Waals surface area contributed by atoms with Gasteiger partial charge in [0.15, 0.2) is 0 Å². The van der Waals surface area contributed by atoms with E-state index < -0.39 is 12.0 Å². The molecule has 0 amide bonds. The standard InChI is InChI=1S/C16H20N2O3/c19-11-7-5-10(6-8-11)18-15(16(20)21)13-9-17-14-4-2-1-3-12(13)14/h1-4,9-11,15,17-19H,5-8H2,(H,20,21). The first-order chi connectivity index (χ1) is 10.1. The molecule has 0 spiro atoms. The van der Waals surface area contributed by atoms with Gasteiger partial charge in [0, 0.05) is 28.7 Å². The zero-order valence-corrected chi connectivity index (χ0v) is 11.7. The summed E-state index contributed by atoms with van der Waals surface area (Å²) in [6, 6.07) is 7.13. The van der Waals surface area contributed by atoms with Gasteiger partial charge in [-0.15, -0.1) is 0 Å². The fourth-order valence-corrected chi connectivity index (χ4v) is 3.11. The van der Waals surface area contributed by atoms with Gasteiger partial charge in [-0.3, -0.25) is 10.1 Å². The van der Waals surface area contributed by atoms with Crippen LogP contribution in [0.2, 0.25) is 0 Å².